The van der Waals surface area contributed by atoms with Crippen molar-refractivity contribution in [2.45, 2.75) is 38.6 Å². The highest BCUT2D eigenvalue weighted by Gasteiger charge is 2.12. The molecule has 0 radical (unpaired) electrons. The average Bonchev–Trinajstić information content (AvgIpc) is 2.47. The quantitative estimate of drug-likeness (QED) is 0.754. The first-order valence-corrected chi connectivity index (χ1v) is 8.67. The Balaban J connectivity index is 1.60. The summed E-state index contributed by atoms with van der Waals surface area (Å²) >= 11 is 3.62. The van der Waals surface area contributed by atoms with Gasteiger partial charge in [0.15, 0.2) is 0 Å². The third-order valence-corrected chi connectivity index (χ3v) is 5.00. The highest BCUT2D eigenvalue weighted by molar-refractivity contribution is 9.10. The van der Waals surface area contributed by atoms with Gasteiger partial charge in [0.1, 0.15) is 0 Å². The van der Waals surface area contributed by atoms with Crippen molar-refractivity contribution in [2.75, 3.05) is 26.7 Å². The number of likely N-dealkylation sites (N-methyl/N-ethyl adjacent to an activating group) is 1. The zero-order valence-electron chi connectivity index (χ0n) is 12.6. The summed E-state index contributed by atoms with van der Waals surface area (Å²) in [4.78, 5) is 2.38. The lowest BCUT2D eigenvalue weighted by atomic mass is 9.89. The summed E-state index contributed by atoms with van der Waals surface area (Å²) in [5, 5.41) is 3.63. The fourth-order valence-corrected chi connectivity index (χ4v) is 3.37. The number of hydrogen-bond donors (Lipinski definition) is 1. The molecule has 1 aromatic rings. The molecule has 0 atom stereocenters. The van der Waals surface area contributed by atoms with Gasteiger partial charge in [0.2, 0.25) is 0 Å². The summed E-state index contributed by atoms with van der Waals surface area (Å²) in [6.07, 6.45) is 7.19. The van der Waals surface area contributed by atoms with E-state index >= 15 is 0 Å². The number of hydrogen-bond acceptors (Lipinski definition) is 2. The Kier molecular flexibility index (Phi) is 7.05. The summed E-state index contributed by atoms with van der Waals surface area (Å²) < 4.78 is 1.21. The first-order chi connectivity index (χ1) is 9.75. The van der Waals surface area contributed by atoms with E-state index in [4.69, 9.17) is 0 Å². The van der Waals surface area contributed by atoms with E-state index < -0.39 is 0 Å². The Morgan fingerprint density at radius 1 is 1.20 bits per heavy atom. The number of nitrogens with one attached hydrogen (secondary N) is 1. The molecule has 0 aliphatic heterocycles. The van der Waals surface area contributed by atoms with Crippen molar-refractivity contribution >= 4 is 15.9 Å². The van der Waals surface area contributed by atoms with Crippen LogP contribution in [0, 0.1) is 5.92 Å². The van der Waals surface area contributed by atoms with E-state index in [0.717, 1.165) is 25.6 Å². The second-order valence-electron chi connectivity index (χ2n) is 6.04. The highest BCUT2D eigenvalue weighted by atomic mass is 79.9. The fraction of sp³-hybridized carbons (Fsp3) is 0.647. The van der Waals surface area contributed by atoms with Gasteiger partial charge in [-0.1, -0.05) is 53.4 Å². The topological polar surface area (TPSA) is 15.3 Å². The molecular weight excluding hydrogens is 312 g/mol. The molecule has 20 heavy (non-hydrogen) atoms. The van der Waals surface area contributed by atoms with E-state index in [2.05, 4.69) is 57.5 Å². The van der Waals surface area contributed by atoms with E-state index in [1.165, 1.54) is 48.7 Å². The highest BCUT2D eigenvalue weighted by Crippen LogP contribution is 2.22. The molecule has 0 saturated heterocycles. The van der Waals surface area contributed by atoms with Crippen LogP contribution in [0.3, 0.4) is 0 Å². The molecule has 0 spiro atoms. The van der Waals surface area contributed by atoms with E-state index in [-0.39, 0.29) is 0 Å². The Morgan fingerprint density at radius 2 is 1.95 bits per heavy atom. The minimum atomic E-state index is 0.928. The van der Waals surface area contributed by atoms with Crippen LogP contribution in [0.1, 0.15) is 37.7 Å². The first-order valence-electron chi connectivity index (χ1n) is 7.88. The van der Waals surface area contributed by atoms with Crippen LogP contribution < -0.4 is 5.32 Å². The molecule has 1 N–H and O–H groups in total. The van der Waals surface area contributed by atoms with E-state index in [9.17, 15) is 0 Å². The van der Waals surface area contributed by atoms with Crippen molar-refractivity contribution in [2.24, 2.45) is 5.92 Å². The Labute approximate surface area is 132 Å². The zero-order chi connectivity index (χ0) is 14.2. The van der Waals surface area contributed by atoms with Gasteiger partial charge in [-0.15, -0.1) is 0 Å². The summed E-state index contributed by atoms with van der Waals surface area (Å²) in [6.45, 7) is 4.42. The van der Waals surface area contributed by atoms with Crippen LogP contribution in [-0.2, 0) is 6.54 Å². The van der Waals surface area contributed by atoms with Crippen LogP contribution in [0.25, 0.3) is 0 Å². The molecular formula is C17H27BrN2. The minimum Gasteiger partial charge on any atom is -0.315 e. The van der Waals surface area contributed by atoms with Gasteiger partial charge in [-0.2, -0.15) is 0 Å². The lowest BCUT2D eigenvalue weighted by Gasteiger charge is -2.23. The van der Waals surface area contributed by atoms with Crippen LogP contribution in [0.2, 0.25) is 0 Å². The summed E-state index contributed by atoms with van der Waals surface area (Å²) in [5.74, 6) is 0.928. The van der Waals surface area contributed by atoms with Gasteiger partial charge in [0.05, 0.1) is 0 Å². The molecule has 2 rings (SSSR count). The maximum atomic E-state index is 3.63. The second-order valence-corrected chi connectivity index (χ2v) is 6.89. The summed E-state index contributed by atoms with van der Waals surface area (Å²) in [7, 11) is 2.20. The maximum absolute atomic E-state index is 3.63. The van der Waals surface area contributed by atoms with Crippen molar-refractivity contribution in [3.8, 4) is 0 Å². The Morgan fingerprint density at radius 3 is 2.70 bits per heavy atom. The number of rotatable bonds is 7. The zero-order valence-corrected chi connectivity index (χ0v) is 14.2. The van der Waals surface area contributed by atoms with Gasteiger partial charge in [-0.05, 0) is 44.0 Å². The van der Waals surface area contributed by atoms with Crippen molar-refractivity contribution in [1.82, 2.24) is 10.2 Å². The molecule has 1 fully saturated rings. The van der Waals surface area contributed by atoms with Crippen LogP contribution in [0.15, 0.2) is 28.7 Å². The molecule has 0 unspecified atom stereocenters. The van der Waals surface area contributed by atoms with Gasteiger partial charge < -0.3 is 10.2 Å². The summed E-state index contributed by atoms with van der Waals surface area (Å²) in [6, 6.07) is 8.48. The number of nitrogens with zero attached hydrogens (tertiary/aromatic N) is 1. The van der Waals surface area contributed by atoms with Gasteiger partial charge in [-0.3, -0.25) is 0 Å². The molecule has 2 nitrogen and oxygen atoms in total. The smallest absolute Gasteiger partial charge is 0.0242 e. The lowest BCUT2D eigenvalue weighted by molar-refractivity contribution is 0.303. The predicted octanol–water partition coefficient (Wildman–Crippen LogP) is 4.05. The predicted molar refractivity (Wildman–Crippen MR) is 89.9 cm³/mol. The lowest BCUT2D eigenvalue weighted by Crippen LogP contribution is -2.32. The first kappa shape index (κ1) is 16.0. The summed E-state index contributed by atoms with van der Waals surface area (Å²) in [5.41, 5.74) is 1.36. The van der Waals surface area contributed by atoms with Crippen LogP contribution >= 0.6 is 15.9 Å². The van der Waals surface area contributed by atoms with Crippen molar-refractivity contribution in [1.29, 1.82) is 0 Å². The van der Waals surface area contributed by atoms with E-state index in [1.807, 2.05) is 0 Å². The van der Waals surface area contributed by atoms with Crippen molar-refractivity contribution in [3.05, 3.63) is 34.3 Å². The third-order valence-electron chi connectivity index (χ3n) is 4.23. The van der Waals surface area contributed by atoms with Crippen molar-refractivity contribution in [3.63, 3.8) is 0 Å². The molecule has 0 amide bonds. The molecule has 0 aromatic heterocycles. The minimum absolute atomic E-state index is 0.928. The average molecular weight is 339 g/mol. The third kappa shape index (κ3) is 5.55. The SMILES string of the molecule is CN(CCNCC1CCCCC1)Cc1ccccc1Br. The molecule has 1 aliphatic rings. The molecule has 1 aliphatic carbocycles. The second kappa shape index (κ2) is 8.81. The van der Waals surface area contributed by atoms with Crippen LogP contribution in [0.5, 0.6) is 0 Å². The maximum Gasteiger partial charge on any atom is 0.0242 e. The van der Waals surface area contributed by atoms with Gasteiger partial charge in [0.25, 0.3) is 0 Å². The number of benzene rings is 1. The Hall–Kier alpha value is -0.380. The fourth-order valence-electron chi connectivity index (χ4n) is 2.96. The molecule has 0 heterocycles. The Bertz CT molecular complexity index is 388. The van der Waals surface area contributed by atoms with Crippen LogP contribution in [0.4, 0.5) is 0 Å². The van der Waals surface area contributed by atoms with Crippen molar-refractivity contribution < 1.29 is 0 Å². The molecule has 112 valence electrons. The van der Waals surface area contributed by atoms with Gasteiger partial charge >= 0.3 is 0 Å². The van der Waals surface area contributed by atoms with Gasteiger partial charge in [-0.25, -0.2) is 0 Å². The van der Waals surface area contributed by atoms with Crippen LogP contribution in [-0.4, -0.2) is 31.6 Å². The molecule has 3 heteroatoms. The molecule has 1 aromatic carbocycles. The van der Waals surface area contributed by atoms with E-state index in [0.29, 0.717) is 0 Å². The van der Waals surface area contributed by atoms with E-state index in [1.54, 1.807) is 0 Å². The molecule has 1 saturated carbocycles. The number of halogens is 1. The largest absolute Gasteiger partial charge is 0.315 e. The normalized spacial score (nSPS) is 16.8. The monoisotopic (exact) mass is 338 g/mol. The standard InChI is InChI=1S/C17H27BrN2/c1-20(14-16-9-5-6-10-17(16)18)12-11-19-13-15-7-3-2-4-8-15/h5-6,9-10,15,19H,2-4,7-8,11-14H2,1H3. The van der Waals surface area contributed by atoms with Gasteiger partial charge in [0, 0.05) is 24.1 Å². The molecule has 0 bridgehead atoms.